The van der Waals surface area contributed by atoms with Crippen LogP contribution in [0.2, 0.25) is 0 Å². The molecule has 2 atom stereocenters. The number of hydrogen-bond acceptors (Lipinski definition) is 2. The van der Waals surface area contributed by atoms with Crippen LogP contribution in [-0.4, -0.2) is 25.2 Å². The topological polar surface area (TPSA) is 15.3 Å². The molecule has 4 heteroatoms. The van der Waals surface area contributed by atoms with Gasteiger partial charge in [0, 0.05) is 29.6 Å². The minimum absolute atomic E-state index is 0.128. The van der Waals surface area contributed by atoms with E-state index < -0.39 is 0 Å². The average molecular weight is 343 g/mol. The third-order valence-electron chi connectivity index (χ3n) is 3.94. The van der Waals surface area contributed by atoms with Crippen LogP contribution in [0.4, 0.5) is 10.1 Å². The van der Waals surface area contributed by atoms with Gasteiger partial charge in [0.15, 0.2) is 0 Å². The van der Waals surface area contributed by atoms with Crippen molar-refractivity contribution in [1.29, 1.82) is 0 Å². The lowest BCUT2D eigenvalue weighted by molar-refractivity contribution is 0.341. The predicted molar refractivity (Wildman–Crippen MR) is 86.8 cm³/mol. The summed E-state index contributed by atoms with van der Waals surface area (Å²) in [6.07, 6.45) is 2.15. The second-order valence-electron chi connectivity index (χ2n) is 6.04. The Hall–Kier alpha value is -0.610. The Morgan fingerprint density at radius 3 is 2.85 bits per heavy atom. The molecular weight excluding hydrogens is 319 g/mol. The number of anilines is 1. The summed E-state index contributed by atoms with van der Waals surface area (Å²) in [4.78, 5) is 2.24. The van der Waals surface area contributed by atoms with Crippen molar-refractivity contribution in [3.8, 4) is 0 Å². The van der Waals surface area contributed by atoms with Gasteiger partial charge >= 0.3 is 0 Å². The first-order valence-electron chi connectivity index (χ1n) is 7.46. The van der Waals surface area contributed by atoms with Gasteiger partial charge in [-0.25, -0.2) is 4.39 Å². The Labute approximate surface area is 129 Å². The number of rotatable bonds is 4. The molecular formula is C16H24BrFN2. The lowest BCUT2D eigenvalue weighted by Crippen LogP contribution is -2.57. The van der Waals surface area contributed by atoms with E-state index in [2.05, 4.69) is 46.9 Å². The maximum atomic E-state index is 14.2. The van der Waals surface area contributed by atoms with Gasteiger partial charge in [0.25, 0.3) is 0 Å². The molecule has 0 bridgehead atoms. The molecule has 1 aromatic rings. The summed E-state index contributed by atoms with van der Waals surface area (Å²) in [5.74, 6) is 0.525. The van der Waals surface area contributed by atoms with Crippen molar-refractivity contribution in [2.45, 2.75) is 45.7 Å². The number of nitrogens with zero attached hydrogens (tertiary/aromatic N) is 1. The number of piperazine rings is 1. The zero-order chi connectivity index (χ0) is 14.7. The second-order valence-corrected chi connectivity index (χ2v) is 6.96. The van der Waals surface area contributed by atoms with E-state index in [1.54, 1.807) is 12.1 Å². The first-order valence-corrected chi connectivity index (χ1v) is 8.25. The molecule has 0 saturated carbocycles. The van der Waals surface area contributed by atoms with Gasteiger partial charge in [0.1, 0.15) is 5.82 Å². The molecule has 0 aromatic heterocycles. The van der Waals surface area contributed by atoms with Gasteiger partial charge in [0.2, 0.25) is 0 Å². The van der Waals surface area contributed by atoms with E-state index in [0.717, 1.165) is 36.1 Å². The molecule has 0 amide bonds. The standard InChI is InChI=1S/C16H24BrFN2/c1-4-14-9-19-13(7-11(2)3)10-20(14)16-8-12(17)5-6-15(16)18/h5-6,8,11,13-14,19H,4,7,9-10H2,1-3H3. The summed E-state index contributed by atoms with van der Waals surface area (Å²) in [6, 6.07) is 6.01. The van der Waals surface area contributed by atoms with Crippen LogP contribution in [0.1, 0.15) is 33.6 Å². The predicted octanol–water partition coefficient (Wildman–Crippen LogP) is 4.19. The summed E-state index contributed by atoms with van der Waals surface area (Å²) < 4.78 is 15.1. The highest BCUT2D eigenvalue weighted by molar-refractivity contribution is 9.10. The van der Waals surface area contributed by atoms with Crippen LogP contribution >= 0.6 is 15.9 Å². The van der Waals surface area contributed by atoms with E-state index in [9.17, 15) is 4.39 Å². The maximum absolute atomic E-state index is 14.2. The van der Waals surface area contributed by atoms with Crippen LogP contribution in [0.5, 0.6) is 0 Å². The minimum Gasteiger partial charge on any atom is -0.363 e. The van der Waals surface area contributed by atoms with Crippen LogP contribution in [0.25, 0.3) is 0 Å². The van der Waals surface area contributed by atoms with Crippen LogP contribution in [-0.2, 0) is 0 Å². The first kappa shape index (κ1) is 15.8. The molecule has 1 N–H and O–H groups in total. The van der Waals surface area contributed by atoms with Crippen LogP contribution in [0, 0.1) is 11.7 Å². The number of halogens is 2. The van der Waals surface area contributed by atoms with Gasteiger partial charge in [-0.05, 0) is 37.0 Å². The van der Waals surface area contributed by atoms with Gasteiger partial charge in [-0.2, -0.15) is 0 Å². The van der Waals surface area contributed by atoms with E-state index >= 15 is 0 Å². The molecule has 1 aliphatic rings. The summed E-state index contributed by atoms with van der Waals surface area (Å²) in [7, 11) is 0. The zero-order valence-corrected chi connectivity index (χ0v) is 14.1. The summed E-state index contributed by atoms with van der Waals surface area (Å²) in [5, 5.41) is 3.61. The largest absolute Gasteiger partial charge is 0.363 e. The molecule has 1 aliphatic heterocycles. The van der Waals surface area contributed by atoms with Gasteiger partial charge < -0.3 is 10.2 Å². The molecule has 0 spiro atoms. The average Bonchev–Trinajstić information content (AvgIpc) is 2.41. The van der Waals surface area contributed by atoms with Gasteiger partial charge in [0.05, 0.1) is 5.69 Å². The fraction of sp³-hybridized carbons (Fsp3) is 0.625. The van der Waals surface area contributed by atoms with Crippen molar-refractivity contribution in [1.82, 2.24) is 5.32 Å². The van der Waals surface area contributed by atoms with Crippen LogP contribution in [0.3, 0.4) is 0 Å². The first-order chi connectivity index (χ1) is 9.51. The normalized spacial score (nSPS) is 23.4. The van der Waals surface area contributed by atoms with Gasteiger partial charge in [-0.1, -0.05) is 36.7 Å². The lowest BCUT2D eigenvalue weighted by atomic mass is 9.98. The molecule has 0 aliphatic carbocycles. The maximum Gasteiger partial charge on any atom is 0.146 e. The Morgan fingerprint density at radius 2 is 2.20 bits per heavy atom. The van der Waals surface area contributed by atoms with Crippen molar-refractivity contribution in [2.75, 3.05) is 18.0 Å². The molecule has 112 valence electrons. The zero-order valence-electron chi connectivity index (χ0n) is 12.5. The lowest BCUT2D eigenvalue weighted by Gasteiger charge is -2.42. The Kier molecular flexibility index (Phi) is 5.44. The summed E-state index contributed by atoms with van der Waals surface area (Å²) >= 11 is 3.45. The van der Waals surface area contributed by atoms with E-state index in [-0.39, 0.29) is 5.82 Å². The molecule has 2 unspecified atom stereocenters. The molecule has 20 heavy (non-hydrogen) atoms. The van der Waals surface area contributed by atoms with Crippen molar-refractivity contribution >= 4 is 21.6 Å². The summed E-state index contributed by atoms with van der Waals surface area (Å²) in [6.45, 7) is 8.44. The van der Waals surface area contributed by atoms with Crippen LogP contribution < -0.4 is 10.2 Å². The highest BCUT2D eigenvalue weighted by Gasteiger charge is 2.28. The SMILES string of the molecule is CCC1CNC(CC(C)C)CN1c1cc(Br)ccc1F. The number of nitrogens with one attached hydrogen (secondary N) is 1. The molecule has 2 rings (SSSR count). The van der Waals surface area contributed by atoms with E-state index in [4.69, 9.17) is 0 Å². The minimum atomic E-state index is -0.128. The third-order valence-corrected chi connectivity index (χ3v) is 4.44. The van der Waals surface area contributed by atoms with E-state index in [1.807, 2.05) is 6.07 Å². The number of hydrogen-bond donors (Lipinski definition) is 1. The van der Waals surface area contributed by atoms with Crippen molar-refractivity contribution < 1.29 is 4.39 Å². The Bertz CT molecular complexity index is 450. The molecule has 1 fully saturated rings. The van der Waals surface area contributed by atoms with Gasteiger partial charge in [-0.3, -0.25) is 0 Å². The summed E-state index contributed by atoms with van der Waals surface area (Å²) in [5.41, 5.74) is 0.724. The fourth-order valence-corrected chi connectivity index (χ4v) is 3.31. The fourth-order valence-electron chi connectivity index (χ4n) is 2.96. The highest BCUT2D eigenvalue weighted by atomic mass is 79.9. The smallest absolute Gasteiger partial charge is 0.146 e. The highest BCUT2D eigenvalue weighted by Crippen LogP contribution is 2.28. The van der Waals surface area contributed by atoms with E-state index in [0.29, 0.717) is 18.0 Å². The van der Waals surface area contributed by atoms with Crippen LogP contribution in [0.15, 0.2) is 22.7 Å². The molecule has 1 saturated heterocycles. The second kappa shape index (κ2) is 6.90. The van der Waals surface area contributed by atoms with E-state index in [1.165, 1.54) is 0 Å². The quantitative estimate of drug-likeness (QED) is 0.882. The molecule has 1 heterocycles. The monoisotopic (exact) mass is 342 g/mol. The molecule has 2 nitrogen and oxygen atoms in total. The van der Waals surface area contributed by atoms with Crippen molar-refractivity contribution in [3.63, 3.8) is 0 Å². The molecule has 0 radical (unpaired) electrons. The Morgan fingerprint density at radius 1 is 1.45 bits per heavy atom. The Balaban J connectivity index is 2.22. The number of benzene rings is 1. The molecule has 1 aromatic carbocycles. The van der Waals surface area contributed by atoms with Crippen molar-refractivity contribution in [3.05, 3.63) is 28.5 Å². The van der Waals surface area contributed by atoms with Crippen molar-refractivity contribution in [2.24, 2.45) is 5.92 Å². The third kappa shape index (κ3) is 3.73. The van der Waals surface area contributed by atoms with Gasteiger partial charge in [-0.15, -0.1) is 0 Å².